The highest BCUT2D eigenvalue weighted by Gasteiger charge is 2.05. The van der Waals surface area contributed by atoms with Gasteiger partial charge in [-0.05, 0) is 31.2 Å². The molecule has 0 saturated heterocycles. The number of anilines is 1. The molecule has 1 unspecified atom stereocenters. The van der Waals surface area contributed by atoms with Crippen LogP contribution in [0.25, 0.3) is 0 Å². The molecule has 0 aliphatic heterocycles. The van der Waals surface area contributed by atoms with Crippen molar-refractivity contribution in [3.63, 3.8) is 0 Å². The molecule has 0 spiro atoms. The largest absolute Gasteiger partial charge is 0.481 e. The van der Waals surface area contributed by atoms with Crippen LogP contribution in [0, 0.1) is 12.8 Å². The van der Waals surface area contributed by atoms with Crippen LogP contribution in [0.1, 0.15) is 31.7 Å². The minimum absolute atomic E-state index is 0.238. The number of carboxylic acid groups (broad SMARTS) is 1. The standard InChI is InChI=1S/C12H19N3O2/c1-9(3-4-11(16)17)5-6-13-12-14-7-10(2)8-15-12/h7-9H,3-6H2,1-2H3,(H,16,17)(H,13,14,15). The molecule has 1 heterocycles. The van der Waals surface area contributed by atoms with Gasteiger partial charge in [-0.1, -0.05) is 6.92 Å². The molecular weight excluding hydrogens is 218 g/mol. The number of carbonyl (C=O) groups is 1. The SMILES string of the molecule is Cc1cnc(NCCC(C)CCC(=O)O)nc1. The van der Waals surface area contributed by atoms with Crippen LogP contribution in [0.5, 0.6) is 0 Å². The van der Waals surface area contributed by atoms with Gasteiger partial charge in [0, 0.05) is 25.4 Å². The molecule has 2 N–H and O–H groups in total. The molecular formula is C12H19N3O2. The van der Waals surface area contributed by atoms with Gasteiger partial charge in [0.15, 0.2) is 0 Å². The Morgan fingerprint density at radius 3 is 2.65 bits per heavy atom. The van der Waals surface area contributed by atoms with Gasteiger partial charge < -0.3 is 10.4 Å². The molecule has 94 valence electrons. The molecule has 1 rings (SSSR count). The van der Waals surface area contributed by atoms with Crippen molar-refractivity contribution in [2.24, 2.45) is 5.92 Å². The first-order valence-corrected chi connectivity index (χ1v) is 5.82. The first kappa shape index (κ1) is 13.4. The minimum atomic E-state index is -0.730. The highest BCUT2D eigenvalue weighted by atomic mass is 16.4. The van der Waals surface area contributed by atoms with Crippen LogP contribution in [0.2, 0.25) is 0 Å². The van der Waals surface area contributed by atoms with Crippen LogP contribution in [-0.2, 0) is 4.79 Å². The molecule has 1 aromatic heterocycles. The lowest BCUT2D eigenvalue weighted by molar-refractivity contribution is -0.137. The summed E-state index contributed by atoms with van der Waals surface area (Å²) in [5, 5.41) is 11.7. The number of aryl methyl sites for hydroxylation is 1. The van der Waals surface area contributed by atoms with Crippen molar-refractivity contribution in [1.29, 1.82) is 0 Å². The number of carboxylic acids is 1. The van der Waals surface area contributed by atoms with Gasteiger partial charge in [0.05, 0.1) is 0 Å². The van der Waals surface area contributed by atoms with Crippen LogP contribution in [0.15, 0.2) is 12.4 Å². The Balaban J connectivity index is 2.18. The summed E-state index contributed by atoms with van der Waals surface area (Å²) in [6.45, 7) is 4.77. The second-order valence-electron chi connectivity index (χ2n) is 4.34. The van der Waals surface area contributed by atoms with E-state index >= 15 is 0 Å². The summed E-state index contributed by atoms with van der Waals surface area (Å²) in [5.41, 5.74) is 1.03. The van der Waals surface area contributed by atoms with Gasteiger partial charge in [-0.25, -0.2) is 9.97 Å². The molecule has 0 fully saturated rings. The Kier molecular flexibility index (Phi) is 5.39. The average Bonchev–Trinajstić information content (AvgIpc) is 2.29. The fraction of sp³-hybridized carbons (Fsp3) is 0.583. The van der Waals surface area contributed by atoms with Crippen molar-refractivity contribution < 1.29 is 9.90 Å². The second-order valence-corrected chi connectivity index (χ2v) is 4.34. The molecule has 1 atom stereocenters. The highest BCUT2D eigenvalue weighted by molar-refractivity contribution is 5.66. The van der Waals surface area contributed by atoms with Crippen LogP contribution >= 0.6 is 0 Å². The van der Waals surface area contributed by atoms with Gasteiger partial charge in [0.25, 0.3) is 0 Å². The monoisotopic (exact) mass is 237 g/mol. The van der Waals surface area contributed by atoms with Crippen LogP contribution < -0.4 is 5.32 Å². The molecule has 5 heteroatoms. The van der Waals surface area contributed by atoms with Crippen LogP contribution in [-0.4, -0.2) is 27.6 Å². The zero-order valence-electron chi connectivity index (χ0n) is 10.3. The molecule has 0 radical (unpaired) electrons. The van der Waals surface area contributed by atoms with Crippen molar-refractivity contribution in [1.82, 2.24) is 9.97 Å². The second kappa shape index (κ2) is 6.83. The van der Waals surface area contributed by atoms with Gasteiger partial charge in [-0.15, -0.1) is 0 Å². The van der Waals surface area contributed by atoms with Crippen molar-refractivity contribution in [2.45, 2.75) is 33.1 Å². The topological polar surface area (TPSA) is 75.1 Å². The van der Waals surface area contributed by atoms with E-state index in [1.807, 2.05) is 6.92 Å². The number of aliphatic carboxylic acids is 1. The number of nitrogens with zero attached hydrogens (tertiary/aromatic N) is 2. The maximum Gasteiger partial charge on any atom is 0.303 e. The Morgan fingerprint density at radius 2 is 2.06 bits per heavy atom. The van der Waals surface area contributed by atoms with E-state index in [4.69, 9.17) is 5.11 Å². The number of nitrogens with one attached hydrogen (secondary N) is 1. The zero-order chi connectivity index (χ0) is 12.7. The average molecular weight is 237 g/mol. The molecule has 17 heavy (non-hydrogen) atoms. The van der Waals surface area contributed by atoms with Crippen LogP contribution in [0.4, 0.5) is 5.95 Å². The van der Waals surface area contributed by atoms with Gasteiger partial charge in [0.2, 0.25) is 5.95 Å². The molecule has 0 aromatic carbocycles. The summed E-state index contributed by atoms with van der Waals surface area (Å²) >= 11 is 0. The summed E-state index contributed by atoms with van der Waals surface area (Å²) in [5.74, 6) is 0.289. The van der Waals surface area contributed by atoms with Crippen LogP contribution in [0.3, 0.4) is 0 Å². The summed E-state index contributed by atoms with van der Waals surface area (Å²) in [7, 11) is 0. The number of hydrogen-bond donors (Lipinski definition) is 2. The van der Waals surface area contributed by atoms with Gasteiger partial charge in [-0.2, -0.15) is 0 Å². The summed E-state index contributed by atoms with van der Waals surface area (Å²) in [4.78, 5) is 18.7. The van der Waals surface area contributed by atoms with E-state index in [9.17, 15) is 4.79 Å². The molecule has 0 aliphatic carbocycles. The summed E-state index contributed by atoms with van der Waals surface area (Å²) < 4.78 is 0. The fourth-order valence-corrected chi connectivity index (χ4v) is 1.43. The Hall–Kier alpha value is -1.65. The van der Waals surface area contributed by atoms with Gasteiger partial charge >= 0.3 is 5.97 Å². The van der Waals surface area contributed by atoms with Gasteiger partial charge in [-0.3, -0.25) is 4.79 Å². The number of aromatic nitrogens is 2. The maximum absolute atomic E-state index is 10.4. The maximum atomic E-state index is 10.4. The van der Waals surface area contributed by atoms with E-state index in [0.29, 0.717) is 18.3 Å². The first-order valence-electron chi connectivity index (χ1n) is 5.82. The van der Waals surface area contributed by atoms with Crippen molar-refractivity contribution in [3.05, 3.63) is 18.0 Å². The molecule has 0 amide bonds. The zero-order valence-corrected chi connectivity index (χ0v) is 10.3. The number of rotatable bonds is 7. The Bertz CT molecular complexity index is 351. The lowest BCUT2D eigenvalue weighted by Gasteiger charge is -2.10. The predicted octanol–water partition coefficient (Wildman–Crippen LogP) is 2.09. The quantitative estimate of drug-likeness (QED) is 0.759. The third-order valence-electron chi connectivity index (χ3n) is 2.55. The van der Waals surface area contributed by atoms with Crippen molar-refractivity contribution >= 4 is 11.9 Å². The summed E-state index contributed by atoms with van der Waals surface area (Å²) in [6, 6.07) is 0. The lowest BCUT2D eigenvalue weighted by Crippen LogP contribution is -2.10. The van der Waals surface area contributed by atoms with E-state index < -0.39 is 5.97 Å². The van der Waals surface area contributed by atoms with E-state index in [0.717, 1.165) is 18.5 Å². The molecule has 0 aliphatic rings. The lowest BCUT2D eigenvalue weighted by atomic mass is 10.0. The molecule has 0 bridgehead atoms. The van der Waals surface area contributed by atoms with E-state index in [1.165, 1.54) is 0 Å². The van der Waals surface area contributed by atoms with Gasteiger partial charge in [0.1, 0.15) is 0 Å². The normalized spacial score (nSPS) is 12.1. The van der Waals surface area contributed by atoms with Crippen molar-refractivity contribution in [2.75, 3.05) is 11.9 Å². The van der Waals surface area contributed by atoms with E-state index in [2.05, 4.69) is 22.2 Å². The third kappa shape index (κ3) is 5.85. The molecule has 1 aromatic rings. The third-order valence-corrected chi connectivity index (χ3v) is 2.55. The molecule has 0 saturated carbocycles. The number of hydrogen-bond acceptors (Lipinski definition) is 4. The smallest absolute Gasteiger partial charge is 0.303 e. The minimum Gasteiger partial charge on any atom is -0.481 e. The Labute approximate surface area is 101 Å². The fourth-order valence-electron chi connectivity index (χ4n) is 1.43. The van der Waals surface area contributed by atoms with E-state index in [1.54, 1.807) is 12.4 Å². The summed E-state index contributed by atoms with van der Waals surface area (Å²) in [6.07, 6.45) is 5.41. The predicted molar refractivity (Wildman–Crippen MR) is 65.9 cm³/mol. The Morgan fingerprint density at radius 1 is 1.41 bits per heavy atom. The molecule has 5 nitrogen and oxygen atoms in total. The van der Waals surface area contributed by atoms with Crippen molar-refractivity contribution in [3.8, 4) is 0 Å². The highest BCUT2D eigenvalue weighted by Crippen LogP contribution is 2.10. The van der Waals surface area contributed by atoms with E-state index in [-0.39, 0.29) is 6.42 Å². The first-order chi connectivity index (χ1) is 8.08.